The van der Waals surface area contributed by atoms with Gasteiger partial charge in [-0.25, -0.2) is 13.1 Å². The average Bonchev–Trinajstić information content (AvgIpc) is 2.29. The molecule has 0 bridgehead atoms. The maximum Gasteiger partial charge on any atom is 0.245 e. The summed E-state index contributed by atoms with van der Waals surface area (Å²) in [6.07, 6.45) is 0.954. The molecule has 0 fully saturated rings. The molecular formula is C13H19N3O5S. The predicted octanol–water partition coefficient (Wildman–Crippen LogP) is 0.617. The third kappa shape index (κ3) is 5.34. The highest BCUT2D eigenvalue weighted by Crippen LogP contribution is 2.27. The summed E-state index contributed by atoms with van der Waals surface area (Å²) < 4.78 is 24.7. The van der Waals surface area contributed by atoms with Gasteiger partial charge in [0.1, 0.15) is 11.3 Å². The van der Waals surface area contributed by atoms with Crippen molar-refractivity contribution >= 4 is 33.2 Å². The van der Waals surface area contributed by atoms with Crippen LogP contribution >= 0.6 is 0 Å². The van der Waals surface area contributed by atoms with Crippen molar-refractivity contribution in [3.8, 4) is 5.75 Å². The SMILES string of the molecule is CC(=O)Nc1ccc(NC(=O)C(C)(C)NS(C)(=O)=O)cc1O. The largest absolute Gasteiger partial charge is 0.506 e. The molecule has 0 aliphatic heterocycles. The second kappa shape index (κ2) is 6.32. The van der Waals surface area contributed by atoms with Crippen molar-refractivity contribution in [3.05, 3.63) is 18.2 Å². The minimum absolute atomic E-state index is 0.207. The maximum absolute atomic E-state index is 12.1. The zero-order chi connectivity index (χ0) is 17.1. The van der Waals surface area contributed by atoms with Crippen LogP contribution in [-0.4, -0.2) is 37.1 Å². The van der Waals surface area contributed by atoms with Gasteiger partial charge in [0.05, 0.1) is 11.9 Å². The van der Waals surface area contributed by atoms with Gasteiger partial charge < -0.3 is 15.7 Å². The molecule has 122 valence electrons. The third-order valence-corrected chi connectivity index (χ3v) is 3.46. The Hall–Kier alpha value is -2.13. The first-order chi connectivity index (χ1) is 9.90. The number of sulfonamides is 1. The van der Waals surface area contributed by atoms with E-state index in [9.17, 15) is 23.1 Å². The molecule has 4 N–H and O–H groups in total. The number of hydrogen-bond acceptors (Lipinski definition) is 5. The first kappa shape index (κ1) is 17.9. The lowest BCUT2D eigenvalue weighted by atomic mass is 10.1. The number of hydrogen-bond donors (Lipinski definition) is 4. The zero-order valence-corrected chi connectivity index (χ0v) is 13.5. The predicted molar refractivity (Wildman–Crippen MR) is 83.1 cm³/mol. The van der Waals surface area contributed by atoms with Crippen molar-refractivity contribution in [3.63, 3.8) is 0 Å². The van der Waals surface area contributed by atoms with Crippen molar-refractivity contribution in [2.75, 3.05) is 16.9 Å². The molecule has 0 aliphatic rings. The molecule has 9 heteroatoms. The summed E-state index contributed by atoms with van der Waals surface area (Å²) in [5, 5.41) is 14.7. The molecule has 1 aromatic rings. The molecule has 2 amide bonds. The highest BCUT2D eigenvalue weighted by atomic mass is 32.2. The number of carbonyl (C=O) groups excluding carboxylic acids is 2. The zero-order valence-electron chi connectivity index (χ0n) is 12.7. The molecule has 0 aliphatic carbocycles. The fourth-order valence-electron chi connectivity index (χ4n) is 1.70. The van der Waals surface area contributed by atoms with E-state index < -0.39 is 21.5 Å². The molecule has 1 aromatic carbocycles. The summed E-state index contributed by atoms with van der Waals surface area (Å²) >= 11 is 0. The number of amides is 2. The Bertz CT molecular complexity index is 698. The third-order valence-electron chi connectivity index (χ3n) is 2.57. The summed E-state index contributed by atoms with van der Waals surface area (Å²) in [6.45, 7) is 4.12. The number of rotatable bonds is 5. The van der Waals surface area contributed by atoms with E-state index in [0.717, 1.165) is 6.26 Å². The molecule has 0 unspecified atom stereocenters. The van der Waals surface area contributed by atoms with E-state index in [1.165, 1.54) is 39.0 Å². The van der Waals surface area contributed by atoms with Crippen LogP contribution < -0.4 is 15.4 Å². The smallest absolute Gasteiger partial charge is 0.245 e. The molecule has 1 rings (SSSR count). The highest BCUT2D eigenvalue weighted by Gasteiger charge is 2.30. The number of aromatic hydroxyl groups is 1. The van der Waals surface area contributed by atoms with E-state index in [2.05, 4.69) is 15.4 Å². The van der Waals surface area contributed by atoms with E-state index in [1.54, 1.807) is 0 Å². The van der Waals surface area contributed by atoms with Gasteiger partial charge >= 0.3 is 0 Å². The van der Waals surface area contributed by atoms with Crippen LogP contribution in [0.4, 0.5) is 11.4 Å². The van der Waals surface area contributed by atoms with E-state index in [4.69, 9.17) is 0 Å². The first-order valence-corrected chi connectivity index (χ1v) is 8.21. The van der Waals surface area contributed by atoms with Crippen LogP contribution in [0.1, 0.15) is 20.8 Å². The minimum atomic E-state index is -3.56. The van der Waals surface area contributed by atoms with Crippen LogP contribution in [-0.2, 0) is 19.6 Å². The van der Waals surface area contributed by atoms with Gasteiger partial charge in [-0.2, -0.15) is 0 Å². The second-order valence-electron chi connectivity index (χ2n) is 5.37. The number of carbonyl (C=O) groups is 2. The lowest BCUT2D eigenvalue weighted by Crippen LogP contribution is -2.51. The number of phenolic OH excluding ortho intramolecular Hbond substituents is 1. The van der Waals surface area contributed by atoms with Gasteiger partial charge in [0, 0.05) is 18.7 Å². The molecule has 0 aromatic heterocycles. The van der Waals surface area contributed by atoms with Gasteiger partial charge in [-0.05, 0) is 26.0 Å². The number of nitrogens with one attached hydrogen (secondary N) is 3. The molecule has 22 heavy (non-hydrogen) atoms. The molecule has 0 spiro atoms. The Labute approximate surface area is 129 Å². The van der Waals surface area contributed by atoms with Crippen LogP contribution in [0.5, 0.6) is 5.75 Å². The molecule has 0 saturated carbocycles. The van der Waals surface area contributed by atoms with E-state index >= 15 is 0 Å². The number of anilines is 2. The van der Waals surface area contributed by atoms with Gasteiger partial charge in [-0.3, -0.25) is 9.59 Å². The molecular weight excluding hydrogens is 310 g/mol. The minimum Gasteiger partial charge on any atom is -0.506 e. The van der Waals surface area contributed by atoms with Crippen molar-refractivity contribution in [2.24, 2.45) is 0 Å². The van der Waals surface area contributed by atoms with Gasteiger partial charge in [0.15, 0.2) is 0 Å². The molecule has 0 atom stereocenters. The lowest BCUT2D eigenvalue weighted by molar-refractivity contribution is -0.120. The Morgan fingerprint density at radius 3 is 2.23 bits per heavy atom. The van der Waals surface area contributed by atoms with Crippen LogP contribution in [0.2, 0.25) is 0 Å². The quantitative estimate of drug-likeness (QED) is 0.589. The van der Waals surface area contributed by atoms with Crippen molar-refractivity contribution in [2.45, 2.75) is 26.3 Å². The van der Waals surface area contributed by atoms with Crippen molar-refractivity contribution in [1.29, 1.82) is 0 Å². The second-order valence-corrected chi connectivity index (χ2v) is 7.11. The Morgan fingerprint density at radius 1 is 1.18 bits per heavy atom. The number of phenols is 1. The fraction of sp³-hybridized carbons (Fsp3) is 0.385. The summed E-state index contributed by atoms with van der Waals surface area (Å²) in [5.41, 5.74) is -0.890. The summed E-state index contributed by atoms with van der Waals surface area (Å²) in [6, 6.07) is 4.14. The molecule has 0 radical (unpaired) electrons. The standard InChI is InChI=1S/C13H19N3O5S/c1-8(17)14-10-6-5-9(7-11(10)18)15-12(19)13(2,3)16-22(4,20)21/h5-7,16,18H,1-4H3,(H,14,17)(H,15,19). The Kier molecular flexibility index (Phi) is 5.15. The first-order valence-electron chi connectivity index (χ1n) is 6.32. The summed E-state index contributed by atoms with van der Waals surface area (Å²) in [4.78, 5) is 23.0. The average molecular weight is 329 g/mol. The van der Waals surface area contributed by atoms with Gasteiger partial charge in [0.25, 0.3) is 0 Å². The van der Waals surface area contributed by atoms with Crippen LogP contribution in [0, 0.1) is 0 Å². The Morgan fingerprint density at radius 2 is 1.77 bits per heavy atom. The highest BCUT2D eigenvalue weighted by molar-refractivity contribution is 7.88. The van der Waals surface area contributed by atoms with Gasteiger partial charge in [-0.15, -0.1) is 0 Å². The topological polar surface area (TPSA) is 125 Å². The summed E-state index contributed by atoms with van der Waals surface area (Å²) in [5.74, 6) is -1.16. The van der Waals surface area contributed by atoms with Crippen LogP contribution in [0.15, 0.2) is 18.2 Å². The van der Waals surface area contributed by atoms with E-state index in [0.29, 0.717) is 0 Å². The lowest BCUT2D eigenvalue weighted by Gasteiger charge is -2.24. The molecule has 0 saturated heterocycles. The van der Waals surface area contributed by atoms with Crippen molar-refractivity contribution in [1.82, 2.24) is 4.72 Å². The van der Waals surface area contributed by atoms with Crippen LogP contribution in [0.3, 0.4) is 0 Å². The van der Waals surface area contributed by atoms with Gasteiger partial charge in [-0.1, -0.05) is 0 Å². The van der Waals surface area contributed by atoms with Crippen molar-refractivity contribution < 1.29 is 23.1 Å². The van der Waals surface area contributed by atoms with E-state index in [-0.39, 0.29) is 23.0 Å². The number of benzene rings is 1. The molecule has 8 nitrogen and oxygen atoms in total. The Balaban J connectivity index is 2.89. The normalized spacial score (nSPS) is 11.8. The van der Waals surface area contributed by atoms with Crippen LogP contribution in [0.25, 0.3) is 0 Å². The molecule has 0 heterocycles. The summed E-state index contributed by atoms with van der Waals surface area (Å²) in [7, 11) is -3.56. The van der Waals surface area contributed by atoms with Gasteiger partial charge in [0.2, 0.25) is 21.8 Å². The maximum atomic E-state index is 12.1. The van der Waals surface area contributed by atoms with E-state index in [1.807, 2.05) is 0 Å². The monoisotopic (exact) mass is 329 g/mol. The fourth-order valence-corrected chi connectivity index (χ4v) is 2.72.